The molecule has 40 heavy (non-hydrogen) atoms. The van der Waals surface area contributed by atoms with Gasteiger partial charge in [0.2, 0.25) is 21.8 Å². The molecule has 1 atom stereocenters. The first-order valence-corrected chi connectivity index (χ1v) is 15.3. The summed E-state index contributed by atoms with van der Waals surface area (Å²) in [5, 5.41) is 2.93. The van der Waals surface area contributed by atoms with Crippen LogP contribution in [0.2, 0.25) is 0 Å². The number of nitrogens with zero attached hydrogens (tertiary/aromatic N) is 2. The van der Waals surface area contributed by atoms with Crippen LogP contribution < -0.4 is 14.4 Å². The lowest BCUT2D eigenvalue weighted by atomic mass is 10.0. The number of rotatable bonds is 14. The molecule has 3 rings (SSSR count). The molecule has 2 amide bonds. The van der Waals surface area contributed by atoms with Gasteiger partial charge in [0.15, 0.2) is 0 Å². The van der Waals surface area contributed by atoms with E-state index in [1.807, 2.05) is 74.5 Å². The van der Waals surface area contributed by atoms with Crippen LogP contribution in [-0.4, -0.2) is 57.6 Å². The summed E-state index contributed by atoms with van der Waals surface area (Å²) in [5.74, 6) is -0.158. The molecule has 0 heterocycles. The summed E-state index contributed by atoms with van der Waals surface area (Å²) in [7, 11) is -2.24. The quantitative estimate of drug-likeness (QED) is 0.316. The SMILES string of the molecule is CCCNC(=O)C(Cc1ccccc1)N(Cc1cccc(OC)c1)C(=O)CN(c1ccc(CC)cc1)S(C)(=O)=O. The molecule has 0 saturated heterocycles. The van der Waals surface area contributed by atoms with E-state index in [0.717, 1.165) is 40.1 Å². The molecule has 1 N–H and O–H groups in total. The third kappa shape index (κ3) is 8.58. The number of hydrogen-bond donors (Lipinski definition) is 1. The summed E-state index contributed by atoms with van der Waals surface area (Å²) in [4.78, 5) is 29.1. The van der Waals surface area contributed by atoms with Gasteiger partial charge in [-0.1, -0.05) is 68.4 Å². The Labute approximate surface area is 238 Å². The molecule has 0 aliphatic carbocycles. The van der Waals surface area contributed by atoms with Crippen molar-refractivity contribution in [3.05, 3.63) is 95.6 Å². The molecule has 8 nitrogen and oxygen atoms in total. The molecule has 1 unspecified atom stereocenters. The van der Waals surface area contributed by atoms with E-state index in [4.69, 9.17) is 4.74 Å². The fraction of sp³-hybridized carbons (Fsp3) is 0.355. The topological polar surface area (TPSA) is 96.0 Å². The van der Waals surface area contributed by atoms with Gasteiger partial charge in [0.05, 0.1) is 19.1 Å². The average molecular weight is 566 g/mol. The molecule has 0 aliphatic rings. The van der Waals surface area contributed by atoms with Crippen molar-refractivity contribution in [3.63, 3.8) is 0 Å². The van der Waals surface area contributed by atoms with Crippen LogP contribution in [0.25, 0.3) is 0 Å². The third-order valence-electron chi connectivity index (χ3n) is 6.62. The van der Waals surface area contributed by atoms with Crippen LogP contribution >= 0.6 is 0 Å². The lowest BCUT2D eigenvalue weighted by Crippen LogP contribution is -2.53. The van der Waals surface area contributed by atoms with Crippen molar-refractivity contribution < 1.29 is 22.7 Å². The molecule has 0 bridgehead atoms. The van der Waals surface area contributed by atoms with Crippen molar-refractivity contribution in [2.75, 3.05) is 30.8 Å². The van der Waals surface area contributed by atoms with Crippen molar-refractivity contribution in [2.45, 2.75) is 45.7 Å². The summed E-state index contributed by atoms with van der Waals surface area (Å²) < 4.78 is 32.2. The number of carbonyl (C=O) groups excluding carboxylic acids is 2. The van der Waals surface area contributed by atoms with Crippen LogP contribution in [0.15, 0.2) is 78.9 Å². The Kier molecular flexibility index (Phi) is 11.1. The second-order valence-electron chi connectivity index (χ2n) is 9.66. The van der Waals surface area contributed by atoms with Crippen molar-refractivity contribution in [1.29, 1.82) is 0 Å². The van der Waals surface area contributed by atoms with Crippen LogP contribution in [0.1, 0.15) is 37.0 Å². The van der Waals surface area contributed by atoms with Gasteiger partial charge >= 0.3 is 0 Å². The van der Waals surface area contributed by atoms with Crippen LogP contribution in [0.5, 0.6) is 5.75 Å². The highest BCUT2D eigenvalue weighted by atomic mass is 32.2. The molecule has 0 aromatic heterocycles. The Morgan fingerprint density at radius 2 is 1.57 bits per heavy atom. The Balaban J connectivity index is 2.04. The predicted molar refractivity (Wildman–Crippen MR) is 159 cm³/mol. The number of sulfonamides is 1. The number of aryl methyl sites for hydroxylation is 1. The molecule has 0 saturated carbocycles. The van der Waals surface area contributed by atoms with Crippen LogP contribution in [0.3, 0.4) is 0 Å². The predicted octanol–water partition coefficient (Wildman–Crippen LogP) is 4.19. The Bertz CT molecular complexity index is 1360. The zero-order valence-electron chi connectivity index (χ0n) is 23.7. The second-order valence-corrected chi connectivity index (χ2v) is 11.6. The van der Waals surface area contributed by atoms with Gasteiger partial charge in [0, 0.05) is 19.5 Å². The zero-order chi connectivity index (χ0) is 29.1. The van der Waals surface area contributed by atoms with Gasteiger partial charge in [-0.3, -0.25) is 13.9 Å². The summed E-state index contributed by atoms with van der Waals surface area (Å²) >= 11 is 0. The maximum absolute atomic E-state index is 14.1. The highest BCUT2D eigenvalue weighted by molar-refractivity contribution is 7.92. The average Bonchev–Trinajstić information content (AvgIpc) is 2.96. The molecule has 0 spiro atoms. The standard InChI is InChI=1S/C31H39N3O5S/c1-5-19-32-31(36)29(21-25-11-8-7-9-12-25)33(22-26-13-10-14-28(20-26)39-3)30(35)23-34(40(4,37)38)27-17-15-24(6-2)16-18-27/h7-18,20,29H,5-6,19,21-23H2,1-4H3,(H,32,36). The minimum absolute atomic E-state index is 0.0967. The summed E-state index contributed by atoms with van der Waals surface area (Å²) in [6.45, 7) is 4.09. The van der Waals surface area contributed by atoms with E-state index in [9.17, 15) is 18.0 Å². The van der Waals surface area contributed by atoms with Gasteiger partial charge in [-0.15, -0.1) is 0 Å². The zero-order valence-corrected chi connectivity index (χ0v) is 24.5. The number of methoxy groups -OCH3 is 1. The van der Waals surface area contributed by atoms with Crippen molar-refractivity contribution in [3.8, 4) is 5.75 Å². The maximum atomic E-state index is 14.1. The van der Waals surface area contributed by atoms with Gasteiger partial charge in [-0.2, -0.15) is 0 Å². The van der Waals surface area contributed by atoms with Gasteiger partial charge in [-0.05, 0) is 53.8 Å². The molecule has 0 fully saturated rings. The minimum atomic E-state index is -3.80. The minimum Gasteiger partial charge on any atom is -0.497 e. The molecular formula is C31H39N3O5S. The molecule has 214 valence electrons. The first kappa shape index (κ1) is 30.7. The van der Waals surface area contributed by atoms with Crippen molar-refractivity contribution in [1.82, 2.24) is 10.2 Å². The monoisotopic (exact) mass is 565 g/mol. The number of anilines is 1. The van der Waals surface area contributed by atoms with E-state index in [1.54, 1.807) is 25.3 Å². The van der Waals surface area contributed by atoms with Crippen LogP contribution in [-0.2, 0) is 39.0 Å². The van der Waals surface area contributed by atoms with Gasteiger partial charge in [-0.25, -0.2) is 8.42 Å². The number of nitrogens with one attached hydrogen (secondary N) is 1. The van der Waals surface area contributed by atoms with E-state index >= 15 is 0 Å². The lowest BCUT2D eigenvalue weighted by Gasteiger charge is -2.33. The second kappa shape index (κ2) is 14.5. The number of carbonyl (C=O) groups is 2. The van der Waals surface area contributed by atoms with E-state index in [2.05, 4.69) is 5.32 Å². The van der Waals surface area contributed by atoms with E-state index in [0.29, 0.717) is 18.0 Å². The van der Waals surface area contributed by atoms with Crippen molar-refractivity contribution in [2.24, 2.45) is 0 Å². The first-order valence-electron chi connectivity index (χ1n) is 13.5. The summed E-state index contributed by atoms with van der Waals surface area (Å²) in [5.41, 5.74) is 3.09. The van der Waals surface area contributed by atoms with E-state index in [1.165, 1.54) is 4.90 Å². The fourth-order valence-corrected chi connectivity index (χ4v) is 5.25. The highest BCUT2D eigenvalue weighted by Gasteiger charge is 2.33. The number of ether oxygens (including phenoxy) is 1. The number of benzene rings is 3. The Morgan fingerprint density at radius 3 is 2.17 bits per heavy atom. The number of amides is 2. The smallest absolute Gasteiger partial charge is 0.244 e. The Morgan fingerprint density at radius 1 is 0.900 bits per heavy atom. The summed E-state index contributed by atoms with van der Waals surface area (Å²) in [6.07, 6.45) is 2.90. The van der Waals surface area contributed by atoms with E-state index < -0.39 is 28.5 Å². The summed E-state index contributed by atoms with van der Waals surface area (Å²) in [6, 6.07) is 23.0. The third-order valence-corrected chi connectivity index (χ3v) is 7.76. The molecule has 0 aliphatic heterocycles. The lowest BCUT2D eigenvalue weighted by molar-refractivity contribution is -0.140. The molecule has 3 aromatic carbocycles. The van der Waals surface area contributed by atoms with Gasteiger partial charge < -0.3 is 15.0 Å². The molecule has 3 aromatic rings. The van der Waals surface area contributed by atoms with Crippen LogP contribution in [0, 0.1) is 0 Å². The first-order chi connectivity index (χ1) is 19.2. The number of hydrogen-bond acceptors (Lipinski definition) is 5. The van der Waals surface area contributed by atoms with Crippen molar-refractivity contribution >= 4 is 27.5 Å². The largest absolute Gasteiger partial charge is 0.497 e. The Hall–Kier alpha value is -3.85. The van der Waals surface area contributed by atoms with Crippen LogP contribution in [0.4, 0.5) is 5.69 Å². The maximum Gasteiger partial charge on any atom is 0.244 e. The fourth-order valence-electron chi connectivity index (χ4n) is 4.40. The van der Waals surface area contributed by atoms with Gasteiger partial charge in [0.25, 0.3) is 0 Å². The van der Waals surface area contributed by atoms with Gasteiger partial charge in [0.1, 0.15) is 18.3 Å². The highest BCUT2D eigenvalue weighted by Crippen LogP contribution is 2.22. The normalized spacial score (nSPS) is 11.9. The molecule has 9 heteroatoms. The molecule has 0 radical (unpaired) electrons. The van der Waals surface area contributed by atoms with E-state index in [-0.39, 0.29) is 18.9 Å². The molecular weight excluding hydrogens is 526 g/mol.